The van der Waals surface area contributed by atoms with Crippen LogP contribution in [0.2, 0.25) is 0 Å². The van der Waals surface area contributed by atoms with Crippen LogP contribution in [-0.4, -0.2) is 33.8 Å². The molecule has 0 aromatic heterocycles. The molecule has 0 saturated carbocycles. The van der Waals surface area contributed by atoms with Crippen molar-refractivity contribution >= 4 is 27.8 Å². The van der Waals surface area contributed by atoms with Gasteiger partial charge in [-0.25, -0.2) is 8.42 Å². The van der Waals surface area contributed by atoms with Crippen molar-refractivity contribution in [3.8, 4) is 11.1 Å². The Morgan fingerprint density at radius 2 is 1.50 bits per heavy atom. The number of esters is 1. The number of hydrogen-bond acceptors (Lipinski definition) is 5. The van der Waals surface area contributed by atoms with Crippen LogP contribution in [0.4, 0.5) is 0 Å². The number of nitrogens with one attached hydrogen (secondary N) is 1. The average molecular weight is 394 g/mol. The van der Waals surface area contributed by atoms with Crippen LogP contribution < -0.4 is 4.72 Å². The van der Waals surface area contributed by atoms with Crippen LogP contribution in [0.1, 0.15) is 13.8 Å². The van der Waals surface area contributed by atoms with Gasteiger partial charge in [-0.05, 0) is 47.6 Å². The van der Waals surface area contributed by atoms with Gasteiger partial charge in [0.05, 0.1) is 12.0 Å². The zero-order chi connectivity index (χ0) is 19.3. The lowest BCUT2D eigenvalue weighted by molar-refractivity contribution is -0.143. The summed E-state index contributed by atoms with van der Waals surface area (Å²) in [6, 6.07) is 13.7. The zero-order valence-electron chi connectivity index (χ0n) is 15.2. The van der Waals surface area contributed by atoms with Crippen LogP contribution in [0.25, 0.3) is 11.1 Å². The molecule has 26 heavy (non-hydrogen) atoms. The van der Waals surface area contributed by atoms with Gasteiger partial charge in [-0.2, -0.15) is 4.72 Å². The first kappa shape index (κ1) is 20.5. The van der Waals surface area contributed by atoms with E-state index in [0.29, 0.717) is 0 Å². The van der Waals surface area contributed by atoms with Crippen molar-refractivity contribution < 1.29 is 17.9 Å². The number of thioether (sulfide) groups is 1. The minimum atomic E-state index is -3.82. The Kier molecular flexibility index (Phi) is 6.86. The highest BCUT2D eigenvalue weighted by Gasteiger charge is 2.29. The smallest absolute Gasteiger partial charge is 0.324 e. The summed E-state index contributed by atoms with van der Waals surface area (Å²) in [5.41, 5.74) is 1.93. The highest BCUT2D eigenvalue weighted by atomic mass is 32.2. The second-order valence-corrected chi connectivity index (χ2v) is 8.71. The van der Waals surface area contributed by atoms with E-state index in [2.05, 4.69) is 9.46 Å². The molecule has 0 aliphatic heterocycles. The normalized spacial score (nSPS) is 12.8. The van der Waals surface area contributed by atoms with Gasteiger partial charge in [0.2, 0.25) is 10.0 Å². The van der Waals surface area contributed by atoms with Gasteiger partial charge in [0.25, 0.3) is 0 Å². The van der Waals surface area contributed by atoms with E-state index >= 15 is 0 Å². The molecule has 1 atom stereocenters. The Morgan fingerprint density at radius 1 is 1.00 bits per heavy atom. The fourth-order valence-corrected chi connectivity index (χ4v) is 4.17. The van der Waals surface area contributed by atoms with Crippen molar-refractivity contribution in [3.05, 3.63) is 48.5 Å². The molecule has 0 amide bonds. The van der Waals surface area contributed by atoms with E-state index in [4.69, 9.17) is 0 Å². The van der Waals surface area contributed by atoms with Gasteiger partial charge >= 0.3 is 5.97 Å². The summed E-state index contributed by atoms with van der Waals surface area (Å²) in [4.78, 5) is 13.1. The molecule has 0 saturated heterocycles. The number of sulfonamides is 1. The molecule has 140 valence electrons. The predicted molar refractivity (Wildman–Crippen MR) is 105 cm³/mol. The quantitative estimate of drug-likeness (QED) is 0.575. The fourth-order valence-electron chi connectivity index (χ4n) is 2.43. The molecule has 1 N–H and O–H groups in total. The van der Waals surface area contributed by atoms with Gasteiger partial charge in [-0.1, -0.05) is 38.1 Å². The van der Waals surface area contributed by atoms with Crippen LogP contribution in [-0.2, 0) is 19.6 Å². The Balaban J connectivity index is 2.23. The maximum Gasteiger partial charge on any atom is 0.324 e. The first-order valence-corrected chi connectivity index (χ1v) is 10.8. The molecule has 0 aliphatic rings. The van der Waals surface area contributed by atoms with Crippen molar-refractivity contribution in [2.24, 2.45) is 5.92 Å². The van der Waals surface area contributed by atoms with Crippen molar-refractivity contribution in [1.29, 1.82) is 0 Å². The maximum absolute atomic E-state index is 12.6. The van der Waals surface area contributed by atoms with E-state index in [1.165, 1.54) is 24.1 Å². The number of carbonyl (C=O) groups is 1. The number of carbonyl (C=O) groups excluding carboxylic acids is 1. The van der Waals surface area contributed by atoms with E-state index in [9.17, 15) is 13.2 Å². The molecule has 5 nitrogen and oxygen atoms in total. The lowest BCUT2D eigenvalue weighted by atomic mass is 10.1. The van der Waals surface area contributed by atoms with E-state index in [0.717, 1.165) is 11.1 Å². The van der Waals surface area contributed by atoms with Crippen LogP contribution in [0.5, 0.6) is 0 Å². The van der Waals surface area contributed by atoms with E-state index in [-0.39, 0.29) is 10.8 Å². The van der Waals surface area contributed by atoms with E-state index in [1.807, 2.05) is 30.5 Å². The van der Waals surface area contributed by atoms with E-state index in [1.54, 1.807) is 37.7 Å². The van der Waals surface area contributed by atoms with Gasteiger partial charge < -0.3 is 4.74 Å². The van der Waals surface area contributed by atoms with Crippen molar-refractivity contribution in [2.45, 2.75) is 29.7 Å². The third kappa shape index (κ3) is 4.87. The number of hydrogen-bond donors (Lipinski definition) is 1. The van der Waals surface area contributed by atoms with Gasteiger partial charge in [0, 0.05) is 4.90 Å². The number of benzene rings is 2. The van der Waals surface area contributed by atoms with Crippen LogP contribution in [0, 0.1) is 5.92 Å². The fraction of sp³-hybridized carbons (Fsp3) is 0.316. The van der Waals surface area contributed by atoms with Gasteiger partial charge in [0.15, 0.2) is 0 Å². The number of rotatable bonds is 7. The van der Waals surface area contributed by atoms with Crippen molar-refractivity contribution in [2.75, 3.05) is 13.4 Å². The minimum absolute atomic E-state index is 0.108. The Hall–Kier alpha value is -1.83. The molecule has 0 aliphatic carbocycles. The summed E-state index contributed by atoms with van der Waals surface area (Å²) in [5.74, 6) is -0.833. The molecule has 0 heterocycles. The third-order valence-electron chi connectivity index (χ3n) is 3.99. The van der Waals surface area contributed by atoms with Gasteiger partial charge in [-0.15, -0.1) is 11.8 Å². The monoisotopic (exact) mass is 393 g/mol. The predicted octanol–water partition coefficient (Wildman–Crippen LogP) is 3.55. The second-order valence-electron chi connectivity index (χ2n) is 6.12. The summed E-state index contributed by atoms with van der Waals surface area (Å²) >= 11 is 1.67. The topological polar surface area (TPSA) is 72.5 Å². The summed E-state index contributed by atoms with van der Waals surface area (Å²) in [6.07, 6.45) is 2.01. The third-order valence-corrected chi connectivity index (χ3v) is 6.19. The maximum atomic E-state index is 12.6. The van der Waals surface area contributed by atoms with Crippen molar-refractivity contribution in [3.63, 3.8) is 0 Å². The summed E-state index contributed by atoms with van der Waals surface area (Å²) in [7, 11) is -2.58. The molecule has 2 aromatic rings. The molecule has 2 rings (SSSR count). The molecular formula is C19H23NO4S2. The van der Waals surface area contributed by atoms with Gasteiger partial charge in [0.1, 0.15) is 6.04 Å². The minimum Gasteiger partial charge on any atom is -0.468 e. The largest absolute Gasteiger partial charge is 0.468 e. The van der Waals surface area contributed by atoms with Crippen LogP contribution >= 0.6 is 11.8 Å². The Bertz CT molecular complexity index is 844. The Morgan fingerprint density at radius 3 is 1.92 bits per heavy atom. The van der Waals surface area contributed by atoms with E-state index < -0.39 is 22.0 Å². The number of ether oxygens (including phenoxy) is 1. The lowest BCUT2D eigenvalue weighted by Gasteiger charge is -2.19. The molecule has 0 unspecified atom stereocenters. The highest BCUT2D eigenvalue weighted by molar-refractivity contribution is 7.98. The standard InChI is InChI=1S/C19H23NO4S2/c1-13(2)18(19(21)24-3)20-26(22,23)17-11-7-15(8-12-17)14-5-9-16(25-4)10-6-14/h5-13,18,20H,1-4H3/t18-/m1/s1. The molecule has 0 bridgehead atoms. The van der Waals surface area contributed by atoms with Crippen LogP contribution in [0.3, 0.4) is 0 Å². The molecule has 0 fully saturated rings. The highest BCUT2D eigenvalue weighted by Crippen LogP contribution is 2.24. The molecule has 0 radical (unpaired) electrons. The van der Waals surface area contributed by atoms with Crippen LogP contribution in [0.15, 0.2) is 58.3 Å². The summed E-state index contributed by atoms with van der Waals surface area (Å²) < 4.78 is 32.3. The Labute approximate surface area is 159 Å². The first-order valence-electron chi connectivity index (χ1n) is 8.13. The molecule has 2 aromatic carbocycles. The SMILES string of the molecule is COC(=O)[C@H](NS(=O)(=O)c1ccc(-c2ccc(SC)cc2)cc1)C(C)C. The molecule has 7 heteroatoms. The first-order chi connectivity index (χ1) is 12.3. The molecular weight excluding hydrogens is 370 g/mol. The summed E-state index contributed by atoms with van der Waals surface area (Å²) in [6.45, 7) is 3.51. The summed E-state index contributed by atoms with van der Waals surface area (Å²) in [5, 5.41) is 0. The van der Waals surface area contributed by atoms with Crippen molar-refractivity contribution in [1.82, 2.24) is 4.72 Å². The molecule has 0 spiro atoms. The lowest BCUT2D eigenvalue weighted by Crippen LogP contribution is -2.44. The number of methoxy groups -OCH3 is 1. The van der Waals surface area contributed by atoms with Gasteiger partial charge in [-0.3, -0.25) is 4.79 Å². The zero-order valence-corrected chi connectivity index (χ0v) is 16.9. The average Bonchev–Trinajstić information content (AvgIpc) is 2.65. The second kappa shape index (κ2) is 8.70.